The van der Waals surface area contributed by atoms with Crippen LogP contribution in [0.5, 0.6) is 0 Å². The number of rotatable bonds is 24. The Balaban J connectivity index is 1.13. The van der Waals surface area contributed by atoms with Gasteiger partial charge in [0, 0.05) is 14.0 Å². The van der Waals surface area contributed by atoms with Crippen LogP contribution >= 0.6 is 0 Å². The van der Waals surface area contributed by atoms with Gasteiger partial charge in [0.15, 0.2) is 12.6 Å². The van der Waals surface area contributed by atoms with Crippen molar-refractivity contribution in [2.45, 2.75) is 108 Å². The lowest BCUT2D eigenvalue weighted by atomic mass is 9.97. The Morgan fingerprint density at radius 2 is 0.638 bits per heavy atom. The second-order valence-corrected chi connectivity index (χ2v) is 17.0. The van der Waals surface area contributed by atoms with Gasteiger partial charge in [-0.2, -0.15) is 0 Å². The molecule has 0 spiro atoms. The smallest absolute Gasteiger partial charge is 0.302 e. The van der Waals surface area contributed by atoms with E-state index in [-0.39, 0.29) is 52.9 Å². The maximum absolute atomic E-state index is 12.4. The van der Waals surface area contributed by atoms with Gasteiger partial charge < -0.3 is 52.1 Å². The minimum absolute atomic E-state index is 0.0625. The molecule has 2 saturated heterocycles. The van der Waals surface area contributed by atoms with Crippen LogP contribution in [-0.4, -0.2) is 87.7 Å². The van der Waals surface area contributed by atoms with E-state index in [4.69, 9.17) is 52.1 Å². The van der Waals surface area contributed by atoms with Gasteiger partial charge in [0.1, 0.15) is 55.4 Å². The summed E-state index contributed by atoms with van der Waals surface area (Å²) in [5, 5.41) is 0. The van der Waals surface area contributed by atoms with Crippen molar-refractivity contribution in [2.24, 2.45) is 0 Å². The van der Waals surface area contributed by atoms with Crippen molar-refractivity contribution >= 4 is 5.97 Å². The summed E-state index contributed by atoms with van der Waals surface area (Å²) in [5.41, 5.74) is 5.77. The SMILES string of the molecule is CO[C@H]1OC(CO[C@H]2OC(COC(C)=O)[C@@H](OCc3ccccc3)C(OCc3ccccc3)C2OCc2ccccc2)[C@@H](OCc2ccccc2)C(OCc2ccccc2)C1OCc1ccccc1. The van der Waals surface area contributed by atoms with E-state index in [1.807, 2.05) is 182 Å². The Labute approximate surface area is 405 Å². The molecule has 0 radical (unpaired) electrons. The minimum atomic E-state index is -1.08. The van der Waals surface area contributed by atoms with Crippen molar-refractivity contribution in [3.05, 3.63) is 215 Å². The van der Waals surface area contributed by atoms with Crippen molar-refractivity contribution in [1.29, 1.82) is 0 Å². The number of hydrogen-bond donors (Lipinski definition) is 0. The van der Waals surface area contributed by atoms with Gasteiger partial charge in [0.2, 0.25) is 0 Å². The summed E-state index contributed by atoms with van der Waals surface area (Å²) in [4.78, 5) is 12.4. The number of benzene rings is 6. The fourth-order valence-electron chi connectivity index (χ4n) is 8.47. The third kappa shape index (κ3) is 14.7. The molecule has 362 valence electrons. The summed E-state index contributed by atoms with van der Waals surface area (Å²) in [7, 11) is 1.59. The molecule has 2 aliphatic heterocycles. The highest BCUT2D eigenvalue weighted by molar-refractivity contribution is 5.65. The maximum atomic E-state index is 12.4. The number of methoxy groups -OCH3 is 1. The number of carbonyl (C=O) groups is 1. The number of ether oxygens (including phenoxy) is 11. The minimum Gasteiger partial charge on any atom is -0.463 e. The van der Waals surface area contributed by atoms with Gasteiger partial charge in [0.25, 0.3) is 0 Å². The lowest BCUT2D eigenvalue weighted by molar-refractivity contribution is -0.350. The van der Waals surface area contributed by atoms with Gasteiger partial charge in [-0.25, -0.2) is 0 Å². The standard InChI is InChI=1S/C57H62O12/c1-41(58)60-39-48-50(61-33-42-21-9-3-10-22-42)53(64-36-45-27-15-6-16-28-45)55(66-38-47-31-19-8-20-32-47)57(69-48)67-40-49-51(62-34-43-23-11-4-12-24-43)52(63-35-44-25-13-5-14-26-44)54(56(59-2)68-49)65-37-46-29-17-7-18-30-46/h3-32,48-57H,33-40H2,1-2H3/t48?,49?,50-,51-,52?,53?,54?,55?,56+,57+/m1/s1. The molecule has 10 atom stereocenters. The first-order valence-electron chi connectivity index (χ1n) is 23.5. The Bertz CT molecular complexity index is 2350. The molecule has 2 aliphatic rings. The second kappa shape index (κ2) is 26.4. The summed E-state index contributed by atoms with van der Waals surface area (Å²) < 4.78 is 73.2. The summed E-state index contributed by atoms with van der Waals surface area (Å²) in [6.45, 7) is 2.66. The third-order valence-corrected chi connectivity index (χ3v) is 12.0. The predicted octanol–water partition coefficient (Wildman–Crippen LogP) is 9.17. The Hall–Kier alpha value is -5.61. The highest BCUT2D eigenvalue weighted by Gasteiger charge is 2.52. The van der Waals surface area contributed by atoms with Crippen LogP contribution in [0.2, 0.25) is 0 Å². The number of esters is 1. The van der Waals surface area contributed by atoms with Crippen molar-refractivity contribution < 1.29 is 56.9 Å². The summed E-state index contributed by atoms with van der Waals surface area (Å²) >= 11 is 0. The van der Waals surface area contributed by atoms with E-state index in [0.717, 1.165) is 33.4 Å². The molecule has 0 saturated carbocycles. The molecule has 0 aromatic heterocycles. The molecule has 0 aliphatic carbocycles. The van der Waals surface area contributed by atoms with Gasteiger partial charge in [-0.15, -0.1) is 0 Å². The largest absolute Gasteiger partial charge is 0.463 e. The van der Waals surface area contributed by atoms with Gasteiger partial charge in [-0.1, -0.05) is 182 Å². The monoisotopic (exact) mass is 938 g/mol. The van der Waals surface area contributed by atoms with Crippen LogP contribution in [-0.2, 0) is 96.5 Å². The highest BCUT2D eigenvalue weighted by atomic mass is 16.8. The highest BCUT2D eigenvalue weighted by Crippen LogP contribution is 2.35. The van der Waals surface area contributed by atoms with E-state index in [0.29, 0.717) is 0 Å². The van der Waals surface area contributed by atoms with E-state index in [1.54, 1.807) is 7.11 Å². The first-order valence-corrected chi connectivity index (χ1v) is 23.5. The molecule has 0 N–H and O–H groups in total. The summed E-state index contributed by atoms with van der Waals surface area (Å²) in [6.07, 6.45) is -8.13. The molecule has 6 unspecified atom stereocenters. The zero-order valence-corrected chi connectivity index (χ0v) is 39.1. The Morgan fingerprint density at radius 1 is 0.362 bits per heavy atom. The van der Waals surface area contributed by atoms with Crippen LogP contribution in [0, 0.1) is 0 Å². The van der Waals surface area contributed by atoms with E-state index in [2.05, 4.69) is 0 Å². The molecule has 12 nitrogen and oxygen atoms in total. The van der Waals surface area contributed by atoms with Crippen LogP contribution in [0.25, 0.3) is 0 Å². The van der Waals surface area contributed by atoms with Crippen LogP contribution in [0.15, 0.2) is 182 Å². The van der Waals surface area contributed by atoms with Gasteiger partial charge in [-0.3, -0.25) is 4.79 Å². The lowest BCUT2D eigenvalue weighted by Crippen LogP contribution is -2.64. The predicted molar refractivity (Wildman–Crippen MR) is 257 cm³/mol. The molecule has 2 heterocycles. The van der Waals surface area contributed by atoms with Crippen molar-refractivity contribution in [2.75, 3.05) is 20.3 Å². The normalized spacial score (nSPS) is 24.7. The van der Waals surface area contributed by atoms with Gasteiger partial charge in [0.05, 0.1) is 46.2 Å². The fourth-order valence-corrected chi connectivity index (χ4v) is 8.47. The van der Waals surface area contributed by atoms with Gasteiger partial charge >= 0.3 is 5.97 Å². The Kier molecular flexibility index (Phi) is 19.0. The molecule has 6 aromatic rings. The van der Waals surface area contributed by atoms with Crippen LogP contribution in [0.3, 0.4) is 0 Å². The summed E-state index contributed by atoms with van der Waals surface area (Å²) in [5.74, 6) is -0.465. The number of carbonyl (C=O) groups excluding carboxylic acids is 1. The lowest BCUT2D eigenvalue weighted by Gasteiger charge is -2.47. The molecule has 0 bridgehead atoms. The van der Waals surface area contributed by atoms with Crippen molar-refractivity contribution in [3.63, 3.8) is 0 Å². The van der Waals surface area contributed by atoms with E-state index in [9.17, 15) is 4.79 Å². The Morgan fingerprint density at radius 3 is 0.957 bits per heavy atom. The first kappa shape index (κ1) is 49.8. The zero-order valence-electron chi connectivity index (χ0n) is 39.1. The van der Waals surface area contributed by atoms with Crippen LogP contribution < -0.4 is 0 Å². The zero-order chi connectivity index (χ0) is 47.5. The molecule has 2 fully saturated rings. The number of hydrogen-bond acceptors (Lipinski definition) is 12. The first-order chi connectivity index (χ1) is 34.0. The van der Waals surface area contributed by atoms with E-state index < -0.39 is 67.4 Å². The van der Waals surface area contributed by atoms with Crippen molar-refractivity contribution in [1.82, 2.24) is 0 Å². The van der Waals surface area contributed by atoms with Crippen LogP contribution in [0.4, 0.5) is 0 Å². The second-order valence-electron chi connectivity index (χ2n) is 17.0. The van der Waals surface area contributed by atoms with E-state index >= 15 is 0 Å². The average molecular weight is 939 g/mol. The third-order valence-electron chi connectivity index (χ3n) is 12.0. The van der Waals surface area contributed by atoms with E-state index in [1.165, 1.54) is 6.92 Å². The van der Waals surface area contributed by atoms with Crippen molar-refractivity contribution in [3.8, 4) is 0 Å². The van der Waals surface area contributed by atoms with Gasteiger partial charge in [-0.05, 0) is 33.4 Å². The quantitative estimate of drug-likeness (QED) is 0.0539. The topological polar surface area (TPSA) is 119 Å². The average Bonchev–Trinajstić information content (AvgIpc) is 3.40. The fraction of sp³-hybridized carbons (Fsp3) is 0.351. The molecule has 0 amide bonds. The van der Waals surface area contributed by atoms with Crippen LogP contribution in [0.1, 0.15) is 40.3 Å². The maximum Gasteiger partial charge on any atom is 0.302 e. The molecule has 8 rings (SSSR count). The molecular weight excluding hydrogens is 877 g/mol. The molecule has 6 aromatic carbocycles. The molecule has 69 heavy (non-hydrogen) atoms. The summed E-state index contributed by atoms with van der Waals surface area (Å²) in [6, 6.07) is 59.4. The molecule has 12 heteroatoms. The molecular formula is C57H62O12.